The third-order valence-corrected chi connectivity index (χ3v) is 6.09. The number of hydrogen-bond donors (Lipinski definition) is 1. The first-order chi connectivity index (χ1) is 16.9. The number of phenolic OH excluding ortho intramolecular Hbond substituents is 1. The maximum Gasteiger partial charge on any atom is 0.228 e. The SMILES string of the molecule is Oc1ccc(Cc2ccccc2Cl)cc1C=Nc1ccc2oc(-c3cc(F)c(F)cc3Cl)nc2c1. The quantitative estimate of drug-likeness (QED) is 0.192. The van der Waals surface area contributed by atoms with Crippen LogP contribution in [0.25, 0.3) is 22.6 Å². The van der Waals surface area contributed by atoms with E-state index in [1.165, 1.54) is 0 Å². The number of aromatic nitrogens is 1. The number of oxazole rings is 1. The summed E-state index contributed by atoms with van der Waals surface area (Å²) in [7, 11) is 0. The van der Waals surface area contributed by atoms with E-state index in [1.54, 1.807) is 30.5 Å². The molecular weight excluding hydrogens is 493 g/mol. The Bertz CT molecular complexity index is 1600. The molecule has 0 saturated heterocycles. The van der Waals surface area contributed by atoms with Crippen molar-refractivity contribution in [2.24, 2.45) is 4.99 Å². The van der Waals surface area contributed by atoms with Crippen LogP contribution in [-0.4, -0.2) is 16.3 Å². The highest BCUT2D eigenvalue weighted by Crippen LogP contribution is 2.33. The molecule has 1 N–H and O–H groups in total. The van der Waals surface area contributed by atoms with Crippen molar-refractivity contribution in [2.75, 3.05) is 0 Å². The van der Waals surface area contributed by atoms with E-state index in [4.69, 9.17) is 27.6 Å². The first kappa shape index (κ1) is 23.0. The first-order valence-electron chi connectivity index (χ1n) is 10.5. The van der Waals surface area contributed by atoms with Crippen molar-refractivity contribution >= 4 is 46.2 Å². The Morgan fingerprint density at radius 2 is 1.71 bits per heavy atom. The van der Waals surface area contributed by atoms with E-state index < -0.39 is 11.6 Å². The Hall–Kier alpha value is -3.74. The van der Waals surface area contributed by atoms with Gasteiger partial charge in [0, 0.05) is 16.8 Å². The number of phenols is 1. The van der Waals surface area contributed by atoms with Crippen molar-refractivity contribution in [3.8, 4) is 17.2 Å². The summed E-state index contributed by atoms with van der Waals surface area (Å²) in [5.41, 5.74) is 4.10. The zero-order valence-corrected chi connectivity index (χ0v) is 19.5. The molecule has 1 aromatic heterocycles. The molecule has 1 heterocycles. The molecular formula is C27H16Cl2F2N2O2. The lowest BCUT2D eigenvalue weighted by atomic mass is 10.0. The minimum Gasteiger partial charge on any atom is -0.507 e. The fourth-order valence-electron chi connectivity index (χ4n) is 3.62. The van der Waals surface area contributed by atoms with E-state index in [0.29, 0.717) is 33.8 Å². The number of aromatic hydroxyl groups is 1. The van der Waals surface area contributed by atoms with Crippen LogP contribution >= 0.6 is 23.2 Å². The second-order valence-corrected chi connectivity index (χ2v) is 8.65. The van der Waals surface area contributed by atoms with E-state index in [9.17, 15) is 13.9 Å². The van der Waals surface area contributed by atoms with Crippen molar-refractivity contribution in [3.63, 3.8) is 0 Å². The van der Waals surface area contributed by atoms with Gasteiger partial charge >= 0.3 is 0 Å². The molecule has 0 unspecified atom stereocenters. The Morgan fingerprint density at radius 3 is 2.54 bits per heavy atom. The van der Waals surface area contributed by atoms with Crippen LogP contribution in [0.1, 0.15) is 16.7 Å². The molecule has 0 saturated carbocycles. The number of halogens is 4. The topological polar surface area (TPSA) is 58.6 Å². The van der Waals surface area contributed by atoms with Gasteiger partial charge in [-0.25, -0.2) is 13.8 Å². The van der Waals surface area contributed by atoms with Gasteiger partial charge in [0.1, 0.15) is 11.3 Å². The molecule has 0 amide bonds. The fraction of sp³-hybridized carbons (Fsp3) is 0.0370. The summed E-state index contributed by atoms with van der Waals surface area (Å²) in [4.78, 5) is 8.79. The number of nitrogens with zero attached hydrogens (tertiary/aromatic N) is 2. The van der Waals surface area contributed by atoms with Crippen molar-refractivity contribution < 1.29 is 18.3 Å². The predicted octanol–water partition coefficient (Wildman–Crippen LogP) is 8.13. The van der Waals surface area contributed by atoms with Gasteiger partial charge in [-0.1, -0.05) is 47.5 Å². The maximum absolute atomic E-state index is 13.7. The van der Waals surface area contributed by atoms with Crippen LogP contribution in [0.3, 0.4) is 0 Å². The lowest BCUT2D eigenvalue weighted by Gasteiger charge is -2.06. The van der Waals surface area contributed by atoms with Crippen LogP contribution in [0.4, 0.5) is 14.5 Å². The largest absolute Gasteiger partial charge is 0.507 e. The van der Waals surface area contributed by atoms with Crippen LogP contribution < -0.4 is 0 Å². The second-order valence-electron chi connectivity index (χ2n) is 7.84. The molecule has 35 heavy (non-hydrogen) atoms. The summed E-state index contributed by atoms with van der Waals surface area (Å²) in [5, 5.41) is 11.0. The van der Waals surface area contributed by atoms with Crippen molar-refractivity contribution in [3.05, 3.63) is 111 Å². The average Bonchev–Trinajstić information content (AvgIpc) is 3.26. The van der Waals surface area contributed by atoms with E-state index in [-0.39, 0.29) is 22.2 Å². The molecule has 5 rings (SSSR count). The molecule has 5 aromatic rings. The summed E-state index contributed by atoms with van der Waals surface area (Å²) in [6.45, 7) is 0. The van der Waals surface area contributed by atoms with Gasteiger partial charge in [-0.05, 0) is 66.1 Å². The molecule has 174 valence electrons. The average molecular weight is 509 g/mol. The highest BCUT2D eigenvalue weighted by Gasteiger charge is 2.16. The monoisotopic (exact) mass is 508 g/mol. The van der Waals surface area contributed by atoms with Gasteiger partial charge in [-0.15, -0.1) is 0 Å². The highest BCUT2D eigenvalue weighted by atomic mass is 35.5. The Morgan fingerprint density at radius 1 is 0.914 bits per heavy atom. The molecule has 0 aliphatic heterocycles. The van der Waals surface area contributed by atoms with Gasteiger partial charge < -0.3 is 9.52 Å². The number of rotatable bonds is 5. The zero-order valence-electron chi connectivity index (χ0n) is 18.0. The van der Waals surface area contributed by atoms with E-state index in [2.05, 4.69) is 9.98 Å². The van der Waals surface area contributed by atoms with Crippen LogP contribution in [0.15, 0.2) is 82.2 Å². The van der Waals surface area contributed by atoms with Gasteiger partial charge in [0.25, 0.3) is 0 Å². The van der Waals surface area contributed by atoms with Crippen LogP contribution in [-0.2, 0) is 6.42 Å². The maximum atomic E-state index is 13.7. The summed E-state index contributed by atoms with van der Waals surface area (Å²) in [6, 6.07) is 19.8. The van der Waals surface area contributed by atoms with Gasteiger partial charge in [-0.2, -0.15) is 0 Å². The predicted molar refractivity (Wildman–Crippen MR) is 134 cm³/mol. The second kappa shape index (κ2) is 9.49. The fourth-order valence-corrected chi connectivity index (χ4v) is 4.05. The summed E-state index contributed by atoms with van der Waals surface area (Å²) >= 11 is 12.3. The number of aliphatic imine (C=N–C) groups is 1. The molecule has 4 aromatic carbocycles. The molecule has 0 aliphatic carbocycles. The van der Waals surface area contributed by atoms with Crippen LogP contribution in [0.5, 0.6) is 5.75 Å². The first-order valence-corrected chi connectivity index (χ1v) is 11.3. The van der Waals surface area contributed by atoms with Crippen molar-refractivity contribution in [1.82, 2.24) is 4.98 Å². The normalized spacial score (nSPS) is 11.5. The molecule has 0 fully saturated rings. The molecule has 0 radical (unpaired) electrons. The number of benzene rings is 4. The lowest BCUT2D eigenvalue weighted by Crippen LogP contribution is -1.92. The third kappa shape index (κ3) is 4.90. The Labute approximate surface area is 209 Å². The Balaban J connectivity index is 1.42. The molecule has 4 nitrogen and oxygen atoms in total. The van der Waals surface area contributed by atoms with Crippen LogP contribution in [0.2, 0.25) is 10.0 Å². The highest BCUT2D eigenvalue weighted by molar-refractivity contribution is 6.33. The molecule has 0 spiro atoms. The number of hydrogen-bond acceptors (Lipinski definition) is 4. The molecule has 0 bridgehead atoms. The molecule has 0 aliphatic rings. The minimum atomic E-state index is -1.05. The summed E-state index contributed by atoms with van der Waals surface area (Å²) < 4.78 is 32.7. The van der Waals surface area contributed by atoms with Crippen LogP contribution in [0, 0.1) is 11.6 Å². The van der Waals surface area contributed by atoms with Crippen molar-refractivity contribution in [1.29, 1.82) is 0 Å². The minimum absolute atomic E-state index is 0.0131. The molecule has 0 atom stereocenters. The van der Waals surface area contributed by atoms with E-state index in [1.807, 2.05) is 36.4 Å². The number of fused-ring (bicyclic) bond motifs is 1. The third-order valence-electron chi connectivity index (χ3n) is 5.41. The lowest BCUT2D eigenvalue weighted by molar-refractivity contribution is 0.474. The van der Waals surface area contributed by atoms with Gasteiger partial charge in [0.2, 0.25) is 5.89 Å². The Kier molecular flexibility index (Phi) is 6.24. The summed E-state index contributed by atoms with van der Waals surface area (Å²) in [6.07, 6.45) is 2.17. The van der Waals surface area contributed by atoms with Gasteiger partial charge in [0.05, 0.1) is 16.3 Å². The smallest absolute Gasteiger partial charge is 0.228 e. The standard InChI is InChI=1S/C27H16Cl2F2N2O2/c28-20-4-2-1-3-16(20)9-15-5-7-25(34)17(10-15)14-32-18-6-8-26-24(11-18)33-27(35-26)19-12-22(30)23(31)13-21(19)29/h1-8,10-14,34H,9H2. The van der Waals surface area contributed by atoms with Gasteiger partial charge in [0.15, 0.2) is 17.2 Å². The van der Waals surface area contributed by atoms with Crippen molar-refractivity contribution in [2.45, 2.75) is 6.42 Å². The van der Waals surface area contributed by atoms with E-state index in [0.717, 1.165) is 23.3 Å². The zero-order chi connectivity index (χ0) is 24.5. The van der Waals surface area contributed by atoms with Gasteiger partial charge in [-0.3, -0.25) is 4.99 Å². The van der Waals surface area contributed by atoms with E-state index >= 15 is 0 Å². The molecule has 8 heteroatoms. The summed E-state index contributed by atoms with van der Waals surface area (Å²) in [5.74, 6) is -1.94.